The third-order valence-electron chi connectivity index (χ3n) is 2.53. The van der Waals surface area contributed by atoms with Crippen LogP contribution in [0.2, 0.25) is 0 Å². The first-order valence-corrected chi connectivity index (χ1v) is 5.75. The summed E-state index contributed by atoms with van der Waals surface area (Å²) in [6.45, 7) is 0. The van der Waals surface area contributed by atoms with Gasteiger partial charge in [-0.2, -0.15) is 0 Å². The Morgan fingerprint density at radius 2 is 1.59 bits per heavy atom. The van der Waals surface area contributed by atoms with E-state index in [1.807, 2.05) is 6.07 Å². The number of hydrogen-bond donors (Lipinski definition) is 0. The van der Waals surface area contributed by atoms with Crippen LogP contribution in [0, 0.1) is 0 Å². The van der Waals surface area contributed by atoms with Crippen molar-refractivity contribution in [3.05, 3.63) is 22.9 Å². The van der Waals surface area contributed by atoms with Gasteiger partial charge in [0.05, 0.1) is 25.8 Å². The second-order valence-electron chi connectivity index (χ2n) is 3.33. The molecular weight excluding hydrogens is 286 g/mol. The van der Waals surface area contributed by atoms with Gasteiger partial charge in [-0.3, -0.25) is 4.98 Å². The lowest BCUT2D eigenvalue weighted by Crippen LogP contribution is -1.97. The van der Waals surface area contributed by atoms with E-state index in [9.17, 15) is 0 Å². The summed E-state index contributed by atoms with van der Waals surface area (Å²) in [6, 6.07) is 1.88. The summed E-state index contributed by atoms with van der Waals surface area (Å²) in [7, 11) is 4.77. The Labute approximate surface area is 108 Å². The number of hydrogen-bond acceptors (Lipinski definition) is 4. The molecule has 0 bridgehead atoms. The molecule has 0 fully saturated rings. The van der Waals surface area contributed by atoms with Gasteiger partial charge in [-0.05, 0) is 22.0 Å². The van der Waals surface area contributed by atoms with Crippen LogP contribution in [0.25, 0.3) is 10.8 Å². The fourth-order valence-electron chi connectivity index (χ4n) is 1.79. The zero-order chi connectivity index (χ0) is 12.4. The smallest absolute Gasteiger partial charge is 0.205 e. The van der Waals surface area contributed by atoms with Crippen LogP contribution in [0.4, 0.5) is 0 Å². The van der Waals surface area contributed by atoms with E-state index in [0.717, 1.165) is 15.2 Å². The fourth-order valence-corrected chi connectivity index (χ4v) is 2.44. The zero-order valence-electron chi connectivity index (χ0n) is 9.78. The van der Waals surface area contributed by atoms with Crippen LogP contribution in [-0.2, 0) is 0 Å². The topological polar surface area (TPSA) is 40.6 Å². The Morgan fingerprint density at radius 1 is 0.941 bits per heavy atom. The van der Waals surface area contributed by atoms with Crippen LogP contribution in [0.15, 0.2) is 22.9 Å². The Hall–Kier alpha value is -1.49. The normalized spacial score (nSPS) is 10.4. The van der Waals surface area contributed by atoms with Gasteiger partial charge in [0.2, 0.25) is 5.75 Å². The van der Waals surface area contributed by atoms with Crippen molar-refractivity contribution in [2.45, 2.75) is 0 Å². The highest BCUT2D eigenvalue weighted by Gasteiger charge is 2.20. The largest absolute Gasteiger partial charge is 0.492 e. The molecule has 0 amide bonds. The Kier molecular flexibility index (Phi) is 3.38. The molecule has 0 aliphatic rings. The van der Waals surface area contributed by atoms with Crippen molar-refractivity contribution in [1.29, 1.82) is 0 Å². The van der Waals surface area contributed by atoms with E-state index >= 15 is 0 Å². The summed E-state index contributed by atoms with van der Waals surface area (Å²) >= 11 is 3.50. The van der Waals surface area contributed by atoms with E-state index in [1.54, 1.807) is 33.7 Å². The number of pyridine rings is 1. The quantitative estimate of drug-likeness (QED) is 0.873. The van der Waals surface area contributed by atoms with Crippen LogP contribution in [0.1, 0.15) is 0 Å². The lowest BCUT2D eigenvalue weighted by atomic mass is 10.1. The first kappa shape index (κ1) is 12.0. The molecule has 1 heterocycles. The van der Waals surface area contributed by atoms with Crippen molar-refractivity contribution in [3.8, 4) is 17.2 Å². The summed E-state index contributed by atoms with van der Waals surface area (Å²) in [5.74, 6) is 1.82. The molecule has 2 aromatic rings. The number of ether oxygens (including phenoxy) is 3. The van der Waals surface area contributed by atoms with Gasteiger partial charge in [0, 0.05) is 23.2 Å². The maximum atomic E-state index is 5.39. The van der Waals surface area contributed by atoms with Gasteiger partial charge in [0.1, 0.15) is 0 Å². The van der Waals surface area contributed by atoms with Gasteiger partial charge in [0.25, 0.3) is 0 Å². The molecule has 0 N–H and O–H groups in total. The van der Waals surface area contributed by atoms with Crippen molar-refractivity contribution in [2.75, 3.05) is 21.3 Å². The molecule has 0 aliphatic heterocycles. The molecule has 1 aromatic heterocycles. The third-order valence-corrected chi connectivity index (χ3v) is 3.31. The summed E-state index contributed by atoms with van der Waals surface area (Å²) in [5.41, 5.74) is 0. The molecule has 0 saturated heterocycles. The van der Waals surface area contributed by atoms with Crippen molar-refractivity contribution >= 4 is 26.7 Å². The highest BCUT2D eigenvalue weighted by atomic mass is 79.9. The third kappa shape index (κ3) is 1.80. The number of aromatic nitrogens is 1. The zero-order valence-corrected chi connectivity index (χ0v) is 11.4. The molecule has 4 nitrogen and oxygen atoms in total. The molecule has 0 saturated carbocycles. The standard InChI is InChI=1S/C12H12BrNO3/c1-15-10-7-4-5-14-6-8(7)9(13)11(16-2)12(10)17-3/h4-6H,1-3H3. The molecule has 0 radical (unpaired) electrons. The van der Waals surface area contributed by atoms with Crippen LogP contribution in [0.5, 0.6) is 17.2 Å². The van der Waals surface area contributed by atoms with E-state index in [1.165, 1.54) is 0 Å². The van der Waals surface area contributed by atoms with Crippen molar-refractivity contribution < 1.29 is 14.2 Å². The Morgan fingerprint density at radius 3 is 2.18 bits per heavy atom. The van der Waals surface area contributed by atoms with Crippen LogP contribution in [0.3, 0.4) is 0 Å². The Balaban J connectivity index is 2.93. The maximum absolute atomic E-state index is 5.39. The highest BCUT2D eigenvalue weighted by molar-refractivity contribution is 9.10. The summed E-state index contributed by atoms with van der Waals surface area (Å²) in [4.78, 5) is 4.10. The molecule has 0 atom stereocenters. The first-order valence-electron chi connectivity index (χ1n) is 4.95. The molecule has 5 heteroatoms. The lowest BCUT2D eigenvalue weighted by Gasteiger charge is -2.16. The predicted octanol–water partition coefficient (Wildman–Crippen LogP) is 3.02. The van der Waals surface area contributed by atoms with Crippen LogP contribution < -0.4 is 14.2 Å². The number of fused-ring (bicyclic) bond motifs is 1. The number of halogens is 1. The van der Waals surface area contributed by atoms with Gasteiger partial charge in [-0.25, -0.2) is 0 Å². The van der Waals surface area contributed by atoms with Gasteiger partial charge in [-0.15, -0.1) is 0 Å². The number of benzene rings is 1. The molecule has 2 rings (SSSR count). The maximum Gasteiger partial charge on any atom is 0.205 e. The first-order chi connectivity index (χ1) is 8.24. The predicted molar refractivity (Wildman–Crippen MR) is 69.1 cm³/mol. The monoisotopic (exact) mass is 297 g/mol. The average molecular weight is 298 g/mol. The number of methoxy groups -OCH3 is 3. The van der Waals surface area contributed by atoms with Crippen molar-refractivity contribution in [3.63, 3.8) is 0 Å². The van der Waals surface area contributed by atoms with Crippen molar-refractivity contribution in [1.82, 2.24) is 4.98 Å². The minimum atomic E-state index is 0.570. The minimum Gasteiger partial charge on any atom is -0.492 e. The van der Waals surface area contributed by atoms with Gasteiger partial charge in [-0.1, -0.05) is 0 Å². The fraction of sp³-hybridized carbons (Fsp3) is 0.250. The highest BCUT2D eigenvalue weighted by Crippen LogP contribution is 2.48. The molecule has 1 aromatic carbocycles. The SMILES string of the molecule is COc1c(OC)c(OC)c2ccncc2c1Br. The van der Waals surface area contributed by atoms with Crippen LogP contribution >= 0.6 is 15.9 Å². The second kappa shape index (κ2) is 4.79. The summed E-state index contributed by atoms with van der Waals surface area (Å²) in [5, 5.41) is 1.84. The van der Waals surface area contributed by atoms with Crippen molar-refractivity contribution in [2.24, 2.45) is 0 Å². The lowest BCUT2D eigenvalue weighted by molar-refractivity contribution is 0.326. The summed E-state index contributed by atoms with van der Waals surface area (Å²) in [6.07, 6.45) is 3.47. The minimum absolute atomic E-state index is 0.570. The molecule has 0 aliphatic carbocycles. The Bertz CT molecular complexity index is 557. The van der Waals surface area contributed by atoms with E-state index in [2.05, 4.69) is 20.9 Å². The average Bonchev–Trinajstić information content (AvgIpc) is 2.38. The van der Waals surface area contributed by atoms with E-state index in [0.29, 0.717) is 17.2 Å². The van der Waals surface area contributed by atoms with E-state index < -0.39 is 0 Å². The van der Waals surface area contributed by atoms with Gasteiger partial charge >= 0.3 is 0 Å². The molecule has 0 unspecified atom stereocenters. The van der Waals surface area contributed by atoms with Crippen LogP contribution in [-0.4, -0.2) is 26.3 Å². The molecule has 90 valence electrons. The van der Waals surface area contributed by atoms with E-state index in [4.69, 9.17) is 14.2 Å². The molecule has 0 spiro atoms. The molecular formula is C12H12BrNO3. The number of nitrogens with zero attached hydrogens (tertiary/aromatic N) is 1. The summed E-state index contributed by atoms with van der Waals surface area (Å²) < 4.78 is 16.9. The number of rotatable bonds is 3. The second-order valence-corrected chi connectivity index (χ2v) is 4.13. The molecule has 17 heavy (non-hydrogen) atoms. The van der Waals surface area contributed by atoms with E-state index in [-0.39, 0.29) is 0 Å². The van der Waals surface area contributed by atoms with Gasteiger partial charge in [0.15, 0.2) is 11.5 Å². The van der Waals surface area contributed by atoms with Gasteiger partial charge < -0.3 is 14.2 Å².